The van der Waals surface area contributed by atoms with E-state index < -0.39 is 0 Å². The number of fused-ring (bicyclic) bond motifs is 1. The molecular formula is C21H32O. The van der Waals surface area contributed by atoms with Gasteiger partial charge in [-0.25, -0.2) is 0 Å². The first-order valence-electron chi connectivity index (χ1n) is 9.02. The first kappa shape index (κ1) is 17.1. The fourth-order valence-corrected chi connectivity index (χ4v) is 3.35. The zero-order valence-corrected chi connectivity index (χ0v) is 15.1. The summed E-state index contributed by atoms with van der Waals surface area (Å²) in [5.41, 5.74) is 5.60. The Morgan fingerprint density at radius 3 is 2.45 bits per heavy atom. The fraction of sp³-hybridized carbons (Fsp3) is 0.619. The van der Waals surface area contributed by atoms with Crippen LogP contribution in [0.3, 0.4) is 0 Å². The molecule has 1 heterocycles. The van der Waals surface area contributed by atoms with Gasteiger partial charge in [0.1, 0.15) is 11.5 Å². The summed E-state index contributed by atoms with van der Waals surface area (Å²) in [6.07, 6.45) is 8.98. The number of rotatable bonds is 7. The van der Waals surface area contributed by atoms with Crippen molar-refractivity contribution in [3.8, 4) is 5.75 Å². The van der Waals surface area contributed by atoms with Crippen molar-refractivity contribution in [3.63, 3.8) is 0 Å². The average Bonchev–Trinajstić information content (AvgIpc) is 2.47. The summed E-state index contributed by atoms with van der Waals surface area (Å²) in [6, 6.07) is 4.59. The Balaban J connectivity index is 2.08. The van der Waals surface area contributed by atoms with Gasteiger partial charge in [-0.15, -0.1) is 0 Å². The first-order chi connectivity index (χ1) is 10.5. The number of ether oxygens (including phenoxy) is 1. The lowest BCUT2D eigenvalue weighted by molar-refractivity contribution is 0.391. The Hall–Kier alpha value is -1.24. The Bertz CT molecular complexity index is 537. The van der Waals surface area contributed by atoms with Crippen molar-refractivity contribution in [1.82, 2.24) is 0 Å². The van der Waals surface area contributed by atoms with Gasteiger partial charge >= 0.3 is 0 Å². The average molecular weight is 300 g/mol. The second-order valence-corrected chi connectivity index (χ2v) is 7.10. The largest absolute Gasteiger partial charge is 0.461 e. The maximum atomic E-state index is 6.25. The van der Waals surface area contributed by atoms with E-state index in [1.807, 2.05) is 0 Å². The predicted molar refractivity (Wildman–Crippen MR) is 95.7 cm³/mol. The van der Waals surface area contributed by atoms with E-state index >= 15 is 0 Å². The van der Waals surface area contributed by atoms with Crippen LogP contribution in [-0.2, 0) is 6.42 Å². The topological polar surface area (TPSA) is 9.23 Å². The van der Waals surface area contributed by atoms with Gasteiger partial charge in [0.25, 0.3) is 0 Å². The lowest BCUT2D eigenvalue weighted by Gasteiger charge is -2.26. The molecule has 1 aromatic carbocycles. The van der Waals surface area contributed by atoms with E-state index in [4.69, 9.17) is 4.74 Å². The Morgan fingerprint density at radius 1 is 1.05 bits per heavy atom. The molecule has 2 rings (SSSR count). The normalized spacial score (nSPS) is 14.3. The molecule has 0 aromatic heterocycles. The van der Waals surface area contributed by atoms with Crippen molar-refractivity contribution >= 4 is 0 Å². The molecule has 0 amide bonds. The Labute approximate surface area is 136 Å². The van der Waals surface area contributed by atoms with Crippen molar-refractivity contribution in [2.75, 3.05) is 0 Å². The minimum Gasteiger partial charge on any atom is -0.461 e. The van der Waals surface area contributed by atoms with Gasteiger partial charge in [-0.2, -0.15) is 0 Å². The van der Waals surface area contributed by atoms with Crippen molar-refractivity contribution < 1.29 is 4.74 Å². The molecule has 0 spiro atoms. The van der Waals surface area contributed by atoms with Crippen molar-refractivity contribution in [2.45, 2.75) is 85.5 Å². The number of allylic oxidation sites excluding steroid dienone is 2. The Kier molecular flexibility index (Phi) is 6.11. The highest BCUT2D eigenvalue weighted by Gasteiger charge is 2.21. The van der Waals surface area contributed by atoms with Crippen LogP contribution in [0.25, 0.3) is 0 Å². The van der Waals surface area contributed by atoms with E-state index in [-0.39, 0.29) is 0 Å². The predicted octanol–water partition coefficient (Wildman–Crippen LogP) is 6.69. The molecule has 0 atom stereocenters. The van der Waals surface area contributed by atoms with Gasteiger partial charge in [0.05, 0.1) is 0 Å². The molecule has 22 heavy (non-hydrogen) atoms. The summed E-state index contributed by atoms with van der Waals surface area (Å²) in [4.78, 5) is 0. The van der Waals surface area contributed by atoms with Gasteiger partial charge in [0.2, 0.25) is 0 Å². The summed E-state index contributed by atoms with van der Waals surface area (Å²) in [5, 5.41) is 0. The molecule has 1 aliphatic heterocycles. The third kappa shape index (κ3) is 4.15. The zero-order valence-electron chi connectivity index (χ0n) is 15.1. The molecule has 1 aliphatic rings. The van der Waals surface area contributed by atoms with E-state index in [0.29, 0.717) is 5.92 Å². The minimum absolute atomic E-state index is 0.511. The molecule has 122 valence electrons. The van der Waals surface area contributed by atoms with E-state index in [2.05, 4.69) is 46.8 Å². The lowest BCUT2D eigenvalue weighted by Crippen LogP contribution is -2.11. The number of aryl methyl sites for hydroxylation is 1. The molecule has 0 unspecified atom stereocenters. The molecular weight excluding hydrogens is 268 g/mol. The van der Waals surface area contributed by atoms with Crippen LogP contribution in [0.5, 0.6) is 5.75 Å². The smallest absolute Gasteiger partial charge is 0.133 e. The van der Waals surface area contributed by atoms with E-state index in [1.54, 1.807) is 0 Å². The highest BCUT2D eigenvalue weighted by molar-refractivity contribution is 5.50. The summed E-state index contributed by atoms with van der Waals surface area (Å²) in [5.74, 6) is 2.79. The second-order valence-electron chi connectivity index (χ2n) is 7.10. The van der Waals surface area contributed by atoms with Gasteiger partial charge in [0.15, 0.2) is 0 Å². The third-order valence-corrected chi connectivity index (χ3v) is 4.70. The van der Waals surface area contributed by atoms with Crippen molar-refractivity contribution in [3.05, 3.63) is 40.2 Å². The first-order valence-corrected chi connectivity index (χ1v) is 9.02. The highest BCUT2D eigenvalue weighted by atomic mass is 16.5. The summed E-state index contributed by atoms with van der Waals surface area (Å²) < 4.78 is 6.25. The van der Waals surface area contributed by atoms with E-state index in [9.17, 15) is 0 Å². The minimum atomic E-state index is 0.511. The molecule has 1 heteroatoms. The molecule has 0 saturated heterocycles. The van der Waals surface area contributed by atoms with Crippen LogP contribution in [0.15, 0.2) is 23.5 Å². The quantitative estimate of drug-likeness (QED) is 0.510. The van der Waals surface area contributed by atoms with E-state index in [0.717, 1.165) is 17.9 Å². The van der Waals surface area contributed by atoms with Crippen LogP contribution in [0.1, 0.15) is 88.8 Å². The van der Waals surface area contributed by atoms with E-state index in [1.165, 1.54) is 60.8 Å². The third-order valence-electron chi connectivity index (χ3n) is 4.70. The van der Waals surface area contributed by atoms with Crippen molar-refractivity contribution in [1.29, 1.82) is 0 Å². The number of hydrogen-bond acceptors (Lipinski definition) is 1. The zero-order chi connectivity index (χ0) is 16.1. The van der Waals surface area contributed by atoms with Gasteiger partial charge < -0.3 is 4.74 Å². The van der Waals surface area contributed by atoms with Crippen LogP contribution < -0.4 is 4.74 Å². The van der Waals surface area contributed by atoms with Crippen LogP contribution in [0, 0.1) is 6.92 Å². The molecule has 0 bridgehead atoms. The van der Waals surface area contributed by atoms with Crippen LogP contribution in [-0.4, -0.2) is 0 Å². The summed E-state index contributed by atoms with van der Waals surface area (Å²) in [7, 11) is 0. The van der Waals surface area contributed by atoms with Gasteiger partial charge in [-0.05, 0) is 49.3 Å². The van der Waals surface area contributed by atoms with Gasteiger partial charge in [0, 0.05) is 6.42 Å². The van der Waals surface area contributed by atoms with Crippen molar-refractivity contribution in [2.24, 2.45) is 0 Å². The standard InChI is InChI=1S/C21H32O/c1-6-7-8-9-10-11-18-14-19-12-16(4)13-20(15(2)3)21(19)22-17(18)5/h12-13,15H,6-11,14H2,1-5H3. The molecule has 1 aromatic rings. The number of unbranched alkanes of at least 4 members (excludes halogenated alkanes) is 4. The van der Waals surface area contributed by atoms with Gasteiger partial charge in [-0.3, -0.25) is 0 Å². The monoisotopic (exact) mass is 300 g/mol. The number of hydrogen-bond donors (Lipinski definition) is 0. The summed E-state index contributed by atoms with van der Waals surface area (Å²) >= 11 is 0. The fourth-order valence-electron chi connectivity index (χ4n) is 3.35. The second kappa shape index (κ2) is 7.85. The molecule has 0 aliphatic carbocycles. The maximum absolute atomic E-state index is 6.25. The number of benzene rings is 1. The van der Waals surface area contributed by atoms with Crippen LogP contribution in [0.4, 0.5) is 0 Å². The summed E-state index contributed by atoms with van der Waals surface area (Å²) in [6.45, 7) is 11.1. The maximum Gasteiger partial charge on any atom is 0.133 e. The van der Waals surface area contributed by atoms with Crippen LogP contribution >= 0.6 is 0 Å². The highest BCUT2D eigenvalue weighted by Crippen LogP contribution is 2.38. The Morgan fingerprint density at radius 2 is 1.77 bits per heavy atom. The van der Waals surface area contributed by atoms with Gasteiger partial charge in [-0.1, -0.05) is 64.2 Å². The SMILES string of the molecule is CCCCCCCC1=C(C)Oc2c(cc(C)cc2C(C)C)C1. The molecule has 0 fully saturated rings. The van der Waals surface area contributed by atoms with Crippen LogP contribution in [0.2, 0.25) is 0 Å². The molecule has 0 radical (unpaired) electrons. The lowest BCUT2D eigenvalue weighted by atomic mass is 9.90. The molecule has 1 nitrogen and oxygen atoms in total. The molecule has 0 saturated carbocycles. The molecule has 0 N–H and O–H groups in total.